The summed E-state index contributed by atoms with van der Waals surface area (Å²) in [6.07, 6.45) is 4.16. The van der Waals surface area contributed by atoms with E-state index in [0.29, 0.717) is 0 Å². The van der Waals surface area contributed by atoms with E-state index in [1.165, 1.54) is 19.3 Å². The molecule has 0 spiro atoms. The maximum absolute atomic E-state index is 3.61. The zero-order valence-electron chi connectivity index (χ0n) is 8.78. The van der Waals surface area contributed by atoms with Gasteiger partial charge >= 0.3 is 0 Å². The fraction of sp³-hybridized carbons (Fsp3) is 1.00. The summed E-state index contributed by atoms with van der Waals surface area (Å²) in [5.41, 5.74) is 1.82. The summed E-state index contributed by atoms with van der Waals surface area (Å²) in [6.45, 7) is 4.72. The van der Waals surface area contributed by atoms with E-state index in [-0.39, 0.29) is 0 Å². The minimum atomic E-state index is -1.31. The number of hydrogen-bond donors (Lipinski definition) is 2. The second-order valence-electron chi connectivity index (χ2n) is 3.95. The molecule has 1 rings (SSSR count). The minimum absolute atomic E-state index is 0.887. The Balaban J connectivity index is 2.78. The van der Waals surface area contributed by atoms with Gasteiger partial charge in [0.05, 0.1) is 0 Å². The third-order valence-corrected chi connectivity index (χ3v) is 9.17. The first-order chi connectivity index (χ1) is 5.71. The first kappa shape index (κ1) is 10.2. The fourth-order valence-electron chi connectivity index (χ4n) is 2.86. The van der Waals surface area contributed by atoms with Crippen molar-refractivity contribution in [2.75, 3.05) is 14.1 Å². The highest BCUT2D eigenvalue weighted by Crippen LogP contribution is 2.44. The van der Waals surface area contributed by atoms with E-state index in [1.807, 2.05) is 0 Å². The molecule has 2 N–H and O–H groups in total. The maximum atomic E-state index is 3.61. The third kappa shape index (κ3) is 1.34. The van der Waals surface area contributed by atoms with Crippen LogP contribution in [0.4, 0.5) is 0 Å². The van der Waals surface area contributed by atoms with Crippen molar-refractivity contribution in [2.24, 2.45) is 0 Å². The van der Waals surface area contributed by atoms with Crippen LogP contribution in [0.3, 0.4) is 0 Å². The van der Waals surface area contributed by atoms with E-state index in [4.69, 9.17) is 0 Å². The molecule has 0 amide bonds. The van der Waals surface area contributed by atoms with Crippen LogP contribution < -0.4 is 9.96 Å². The molecule has 0 bridgehead atoms. The molecule has 72 valence electrons. The van der Waals surface area contributed by atoms with Gasteiger partial charge in [0.25, 0.3) is 0 Å². The SMILES string of the molecule is CCC1CCC(C)[Si]1(NC)NC. The van der Waals surface area contributed by atoms with Crippen molar-refractivity contribution in [3.8, 4) is 0 Å². The monoisotopic (exact) mass is 186 g/mol. The van der Waals surface area contributed by atoms with Gasteiger partial charge in [0.1, 0.15) is 0 Å². The molecular formula is C9H22N2Si. The normalized spacial score (nSPS) is 34.0. The highest BCUT2D eigenvalue weighted by molar-refractivity contribution is 6.78. The first-order valence-corrected chi connectivity index (χ1v) is 7.24. The minimum Gasteiger partial charge on any atom is -0.328 e. The lowest BCUT2D eigenvalue weighted by molar-refractivity contribution is 0.706. The summed E-state index contributed by atoms with van der Waals surface area (Å²) < 4.78 is 0. The molecule has 0 aromatic rings. The predicted molar refractivity (Wildman–Crippen MR) is 56.6 cm³/mol. The van der Waals surface area contributed by atoms with Gasteiger partial charge in [-0.3, -0.25) is 0 Å². The Bertz CT molecular complexity index is 145. The molecule has 1 heterocycles. The molecule has 2 nitrogen and oxygen atoms in total. The van der Waals surface area contributed by atoms with Gasteiger partial charge in [-0.15, -0.1) is 0 Å². The van der Waals surface area contributed by atoms with Crippen molar-refractivity contribution >= 4 is 8.40 Å². The maximum Gasteiger partial charge on any atom is 0.207 e. The van der Waals surface area contributed by atoms with Gasteiger partial charge in [0.2, 0.25) is 8.40 Å². The first-order valence-electron chi connectivity index (χ1n) is 5.09. The zero-order chi connectivity index (χ0) is 9.19. The molecule has 1 aliphatic rings. The summed E-state index contributed by atoms with van der Waals surface area (Å²) in [6, 6.07) is 0. The van der Waals surface area contributed by atoms with E-state index in [2.05, 4.69) is 37.9 Å². The highest BCUT2D eigenvalue weighted by Gasteiger charge is 2.48. The summed E-state index contributed by atoms with van der Waals surface area (Å²) in [5.74, 6) is 0. The quantitative estimate of drug-likeness (QED) is 0.657. The lowest BCUT2D eigenvalue weighted by atomic mass is 10.2. The zero-order valence-corrected chi connectivity index (χ0v) is 9.78. The molecule has 2 atom stereocenters. The van der Waals surface area contributed by atoms with Crippen molar-refractivity contribution in [2.45, 2.75) is 44.2 Å². The van der Waals surface area contributed by atoms with Crippen LogP contribution in [0, 0.1) is 0 Å². The van der Waals surface area contributed by atoms with Gasteiger partial charge in [-0.1, -0.05) is 33.1 Å². The largest absolute Gasteiger partial charge is 0.328 e. The summed E-state index contributed by atoms with van der Waals surface area (Å²) in [5, 5.41) is 0. The van der Waals surface area contributed by atoms with Crippen LogP contribution in [0.1, 0.15) is 33.1 Å². The Morgan fingerprint density at radius 2 is 1.83 bits per heavy atom. The molecule has 1 saturated heterocycles. The lowest BCUT2D eigenvalue weighted by Gasteiger charge is -2.35. The van der Waals surface area contributed by atoms with Crippen molar-refractivity contribution in [3.63, 3.8) is 0 Å². The summed E-state index contributed by atoms with van der Waals surface area (Å²) in [4.78, 5) is 7.21. The molecule has 0 aromatic carbocycles. The standard InChI is InChI=1S/C9H22N2Si/c1-5-9-7-6-8(2)12(9,10-3)11-4/h8-11H,5-7H2,1-4H3. The average Bonchev–Trinajstić information content (AvgIpc) is 2.42. The third-order valence-electron chi connectivity index (χ3n) is 3.69. The highest BCUT2D eigenvalue weighted by atomic mass is 28.3. The summed E-state index contributed by atoms with van der Waals surface area (Å²) >= 11 is 0. The van der Waals surface area contributed by atoms with Crippen LogP contribution >= 0.6 is 0 Å². The average molecular weight is 186 g/mol. The van der Waals surface area contributed by atoms with Crippen molar-refractivity contribution in [1.29, 1.82) is 0 Å². The number of hydrogen-bond acceptors (Lipinski definition) is 2. The molecule has 12 heavy (non-hydrogen) atoms. The van der Waals surface area contributed by atoms with Gasteiger partial charge in [0.15, 0.2) is 0 Å². The Labute approximate surface area is 77.3 Å². The van der Waals surface area contributed by atoms with Gasteiger partial charge in [0, 0.05) is 0 Å². The van der Waals surface area contributed by atoms with Crippen LogP contribution in [0.2, 0.25) is 11.1 Å². The van der Waals surface area contributed by atoms with Gasteiger partial charge in [-0.25, -0.2) is 0 Å². The van der Waals surface area contributed by atoms with Gasteiger partial charge in [-0.05, 0) is 25.2 Å². The molecule has 0 aromatic heterocycles. The smallest absolute Gasteiger partial charge is 0.207 e. The number of nitrogens with one attached hydrogen (secondary N) is 2. The Morgan fingerprint density at radius 3 is 2.17 bits per heavy atom. The second-order valence-corrected chi connectivity index (χ2v) is 8.49. The molecule has 1 aliphatic heterocycles. The molecule has 0 aliphatic carbocycles. The number of rotatable bonds is 3. The van der Waals surface area contributed by atoms with E-state index in [0.717, 1.165) is 11.1 Å². The summed E-state index contributed by atoms with van der Waals surface area (Å²) in [7, 11) is 2.95. The van der Waals surface area contributed by atoms with Crippen LogP contribution in [0.5, 0.6) is 0 Å². The van der Waals surface area contributed by atoms with Crippen LogP contribution in [-0.2, 0) is 0 Å². The molecule has 1 fully saturated rings. The van der Waals surface area contributed by atoms with E-state index in [1.54, 1.807) is 0 Å². The van der Waals surface area contributed by atoms with Gasteiger partial charge in [-0.2, -0.15) is 0 Å². The lowest BCUT2D eigenvalue weighted by Crippen LogP contribution is -2.62. The van der Waals surface area contributed by atoms with E-state index >= 15 is 0 Å². The van der Waals surface area contributed by atoms with Crippen molar-refractivity contribution in [3.05, 3.63) is 0 Å². The Kier molecular flexibility index (Phi) is 3.32. The Morgan fingerprint density at radius 1 is 1.25 bits per heavy atom. The fourth-order valence-corrected chi connectivity index (χ4v) is 7.61. The molecule has 3 heteroatoms. The van der Waals surface area contributed by atoms with E-state index in [9.17, 15) is 0 Å². The van der Waals surface area contributed by atoms with Crippen molar-refractivity contribution in [1.82, 2.24) is 9.96 Å². The van der Waals surface area contributed by atoms with E-state index < -0.39 is 8.40 Å². The molecular weight excluding hydrogens is 164 g/mol. The topological polar surface area (TPSA) is 24.1 Å². The van der Waals surface area contributed by atoms with Crippen molar-refractivity contribution < 1.29 is 0 Å². The molecule has 0 saturated carbocycles. The van der Waals surface area contributed by atoms with Crippen LogP contribution in [0.15, 0.2) is 0 Å². The predicted octanol–water partition coefficient (Wildman–Crippen LogP) is 1.83. The molecule has 0 radical (unpaired) electrons. The Hall–Kier alpha value is 0.137. The second kappa shape index (κ2) is 3.90. The molecule has 2 unspecified atom stereocenters. The van der Waals surface area contributed by atoms with Gasteiger partial charge < -0.3 is 9.96 Å². The van der Waals surface area contributed by atoms with Crippen LogP contribution in [0.25, 0.3) is 0 Å². The van der Waals surface area contributed by atoms with Crippen LogP contribution in [-0.4, -0.2) is 22.5 Å².